The number of aliphatic imine (C=N–C) groups is 2. The highest BCUT2D eigenvalue weighted by Gasteiger charge is 2.05. The Labute approximate surface area is 118 Å². The molecule has 0 saturated carbocycles. The maximum atomic E-state index is 10.5. The van der Waals surface area contributed by atoms with Gasteiger partial charge in [0.2, 0.25) is 0 Å². The Hall–Kier alpha value is -2.37. The predicted octanol–water partition coefficient (Wildman–Crippen LogP) is 0.898. The number of nitrogens with two attached hydrogens (primary N) is 1. The summed E-state index contributed by atoms with van der Waals surface area (Å²) in [7, 11) is 0. The van der Waals surface area contributed by atoms with Crippen molar-refractivity contribution in [3.8, 4) is 5.75 Å². The first kappa shape index (κ1) is 15.7. The number of hydrogen-bond donors (Lipinski definition) is 3. The third-order valence-corrected chi connectivity index (χ3v) is 2.49. The number of amidine groups is 1. The third-order valence-electron chi connectivity index (χ3n) is 2.49. The van der Waals surface area contributed by atoms with E-state index in [0.717, 1.165) is 11.8 Å². The standard InChI is InChI=1S/C14H20N4O2/c1-3-16-13(11-4-6-12(20)7-5-11)18-14(15)17-8-10(2)9-19/h4-7,9-10,20H,3,8H2,1-2H3,(H3,15,16,17,18)/t10-/m0/s1. The molecule has 0 unspecified atom stereocenters. The van der Waals surface area contributed by atoms with Gasteiger partial charge in [-0.3, -0.25) is 9.98 Å². The Morgan fingerprint density at radius 3 is 2.60 bits per heavy atom. The Bertz CT molecular complexity index is 494. The van der Waals surface area contributed by atoms with E-state index in [1.165, 1.54) is 0 Å². The zero-order chi connectivity index (χ0) is 15.0. The van der Waals surface area contributed by atoms with Crippen LogP contribution in [0.4, 0.5) is 0 Å². The van der Waals surface area contributed by atoms with Gasteiger partial charge in [-0.2, -0.15) is 0 Å². The van der Waals surface area contributed by atoms with Crippen molar-refractivity contribution in [1.29, 1.82) is 0 Å². The molecule has 0 spiro atoms. The minimum atomic E-state index is -0.171. The fourth-order valence-electron chi connectivity index (χ4n) is 1.43. The van der Waals surface area contributed by atoms with Gasteiger partial charge in [0, 0.05) is 18.0 Å². The number of rotatable bonds is 5. The lowest BCUT2D eigenvalue weighted by Gasteiger charge is -2.10. The average molecular weight is 276 g/mol. The van der Waals surface area contributed by atoms with Gasteiger partial charge in [-0.1, -0.05) is 6.92 Å². The summed E-state index contributed by atoms with van der Waals surface area (Å²) in [5, 5.41) is 12.2. The molecule has 1 atom stereocenters. The molecule has 0 aromatic heterocycles. The lowest BCUT2D eigenvalue weighted by molar-refractivity contribution is -0.110. The summed E-state index contributed by atoms with van der Waals surface area (Å²) in [6, 6.07) is 6.62. The smallest absolute Gasteiger partial charge is 0.194 e. The van der Waals surface area contributed by atoms with Gasteiger partial charge in [-0.25, -0.2) is 0 Å². The van der Waals surface area contributed by atoms with Crippen LogP contribution in [0.5, 0.6) is 5.75 Å². The van der Waals surface area contributed by atoms with E-state index < -0.39 is 0 Å². The molecule has 0 aliphatic heterocycles. The summed E-state index contributed by atoms with van der Waals surface area (Å²) >= 11 is 0. The van der Waals surface area contributed by atoms with Gasteiger partial charge in [0.05, 0.1) is 6.54 Å². The van der Waals surface area contributed by atoms with Crippen molar-refractivity contribution in [2.75, 3.05) is 13.1 Å². The van der Waals surface area contributed by atoms with E-state index in [0.29, 0.717) is 18.9 Å². The minimum absolute atomic E-state index is 0.171. The van der Waals surface area contributed by atoms with Crippen LogP contribution in [0.1, 0.15) is 19.4 Å². The van der Waals surface area contributed by atoms with Crippen LogP contribution in [0, 0.1) is 5.92 Å². The van der Waals surface area contributed by atoms with Crippen molar-refractivity contribution in [3.05, 3.63) is 29.8 Å². The number of benzene rings is 1. The van der Waals surface area contributed by atoms with Crippen LogP contribution in [0.25, 0.3) is 0 Å². The Morgan fingerprint density at radius 2 is 2.05 bits per heavy atom. The minimum Gasteiger partial charge on any atom is -0.508 e. The molecule has 6 nitrogen and oxygen atoms in total. The summed E-state index contributed by atoms with van der Waals surface area (Å²) in [6.07, 6.45) is 0.831. The number of carbonyl (C=O) groups is 1. The zero-order valence-corrected chi connectivity index (χ0v) is 11.7. The Balaban J connectivity index is 2.80. The van der Waals surface area contributed by atoms with E-state index in [9.17, 15) is 9.90 Å². The molecule has 0 saturated heterocycles. The summed E-state index contributed by atoms with van der Waals surface area (Å²) in [4.78, 5) is 18.9. The van der Waals surface area contributed by atoms with E-state index in [1.807, 2.05) is 6.92 Å². The molecule has 108 valence electrons. The lowest BCUT2D eigenvalue weighted by atomic mass is 10.2. The molecule has 0 heterocycles. The highest BCUT2D eigenvalue weighted by Crippen LogP contribution is 2.09. The Kier molecular flexibility index (Phi) is 6.22. The average Bonchev–Trinajstić information content (AvgIpc) is 2.45. The number of hydrogen-bond acceptors (Lipinski definition) is 4. The van der Waals surface area contributed by atoms with E-state index in [1.54, 1.807) is 31.2 Å². The maximum Gasteiger partial charge on any atom is 0.194 e. The Morgan fingerprint density at radius 1 is 1.40 bits per heavy atom. The first-order valence-corrected chi connectivity index (χ1v) is 6.43. The summed E-state index contributed by atoms with van der Waals surface area (Å²) in [6.45, 7) is 4.59. The van der Waals surface area contributed by atoms with Crippen molar-refractivity contribution >= 4 is 18.1 Å². The largest absolute Gasteiger partial charge is 0.508 e. The molecular formula is C14H20N4O2. The number of aromatic hydroxyl groups is 1. The van der Waals surface area contributed by atoms with E-state index in [-0.39, 0.29) is 17.6 Å². The molecule has 0 amide bonds. The van der Waals surface area contributed by atoms with Gasteiger partial charge in [0.15, 0.2) is 5.96 Å². The van der Waals surface area contributed by atoms with E-state index >= 15 is 0 Å². The van der Waals surface area contributed by atoms with Crippen molar-refractivity contribution < 1.29 is 9.90 Å². The van der Waals surface area contributed by atoms with Gasteiger partial charge in [-0.05, 0) is 31.2 Å². The molecule has 1 rings (SSSR count). The fraction of sp³-hybridized carbons (Fsp3) is 0.357. The van der Waals surface area contributed by atoms with Crippen LogP contribution >= 0.6 is 0 Å². The monoisotopic (exact) mass is 276 g/mol. The second kappa shape index (κ2) is 7.93. The highest BCUT2D eigenvalue weighted by molar-refractivity contribution is 6.08. The first-order chi connectivity index (χ1) is 9.56. The number of guanidine groups is 1. The quantitative estimate of drug-likeness (QED) is 0.422. The van der Waals surface area contributed by atoms with Crippen LogP contribution in [0.2, 0.25) is 0 Å². The highest BCUT2D eigenvalue weighted by atomic mass is 16.3. The molecule has 1 aromatic carbocycles. The predicted molar refractivity (Wildman–Crippen MR) is 80.0 cm³/mol. The second-order valence-electron chi connectivity index (χ2n) is 4.33. The van der Waals surface area contributed by atoms with Crippen LogP contribution < -0.4 is 11.1 Å². The molecule has 20 heavy (non-hydrogen) atoms. The third kappa shape index (κ3) is 5.09. The van der Waals surface area contributed by atoms with Gasteiger partial charge >= 0.3 is 0 Å². The topological polar surface area (TPSA) is 100 Å². The number of aldehydes is 1. The first-order valence-electron chi connectivity index (χ1n) is 6.43. The van der Waals surface area contributed by atoms with Crippen LogP contribution in [0.3, 0.4) is 0 Å². The molecule has 0 bridgehead atoms. The molecule has 6 heteroatoms. The maximum absolute atomic E-state index is 10.5. The molecule has 0 fully saturated rings. The van der Waals surface area contributed by atoms with Crippen molar-refractivity contribution in [1.82, 2.24) is 5.32 Å². The lowest BCUT2D eigenvalue weighted by Crippen LogP contribution is -2.38. The van der Waals surface area contributed by atoms with Crippen LogP contribution in [0.15, 0.2) is 34.3 Å². The van der Waals surface area contributed by atoms with Crippen molar-refractivity contribution in [2.45, 2.75) is 13.8 Å². The zero-order valence-electron chi connectivity index (χ0n) is 11.7. The van der Waals surface area contributed by atoms with E-state index in [2.05, 4.69) is 15.3 Å². The molecule has 4 N–H and O–H groups in total. The van der Waals surface area contributed by atoms with Gasteiger partial charge in [0.1, 0.15) is 17.9 Å². The normalized spacial score (nSPS) is 13.9. The van der Waals surface area contributed by atoms with Crippen molar-refractivity contribution in [3.63, 3.8) is 0 Å². The fourth-order valence-corrected chi connectivity index (χ4v) is 1.43. The number of nitrogens with zero attached hydrogens (tertiary/aromatic N) is 2. The van der Waals surface area contributed by atoms with Crippen LogP contribution in [-0.2, 0) is 4.79 Å². The molecular weight excluding hydrogens is 256 g/mol. The second-order valence-corrected chi connectivity index (χ2v) is 4.33. The number of nitrogens with one attached hydrogen (secondary N) is 1. The number of phenolic OH excluding ortho intramolecular Hbond substituents is 1. The number of carbonyl (C=O) groups excluding carboxylic acids is 1. The molecule has 0 radical (unpaired) electrons. The van der Waals surface area contributed by atoms with Crippen LogP contribution in [-0.4, -0.2) is 36.3 Å². The molecule has 0 aliphatic rings. The van der Waals surface area contributed by atoms with E-state index in [4.69, 9.17) is 5.73 Å². The summed E-state index contributed by atoms with van der Waals surface area (Å²) < 4.78 is 0. The number of phenols is 1. The van der Waals surface area contributed by atoms with Gasteiger partial charge in [-0.15, -0.1) is 0 Å². The SMILES string of the molecule is CCN=C(NC(N)=NC[C@H](C)C=O)c1ccc(O)cc1. The van der Waals surface area contributed by atoms with Gasteiger partial charge in [0.25, 0.3) is 0 Å². The summed E-state index contributed by atoms with van der Waals surface area (Å²) in [5.41, 5.74) is 6.57. The van der Waals surface area contributed by atoms with Gasteiger partial charge < -0.3 is 21.0 Å². The van der Waals surface area contributed by atoms with Crippen molar-refractivity contribution in [2.24, 2.45) is 21.6 Å². The summed E-state index contributed by atoms with van der Waals surface area (Å²) in [5.74, 6) is 0.799. The molecule has 1 aromatic rings. The molecule has 0 aliphatic carbocycles.